The molecule has 2 aromatic rings. The Kier molecular flexibility index (Phi) is 6.64. The van der Waals surface area contributed by atoms with Crippen LogP contribution in [0.2, 0.25) is 0 Å². The molecule has 8 nitrogen and oxygen atoms in total. The molecule has 33 heavy (non-hydrogen) atoms. The second-order valence-electron chi connectivity index (χ2n) is 8.32. The topological polar surface area (TPSA) is 125 Å². The number of thioether (sulfide) groups is 1. The summed E-state index contributed by atoms with van der Waals surface area (Å²) in [7, 11) is 1.76. The zero-order chi connectivity index (χ0) is 23.9. The SMILES string of the molecule is CC[C@@H]1CC(N)CC[C@H](c2c(N3C(C(N)=O)=C(N)SC3c3c(F)cccc3F)cnn2C)O1. The predicted molar refractivity (Wildman–Crippen MR) is 123 cm³/mol. The van der Waals surface area contributed by atoms with E-state index in [1.807, 2.05) is 6.92 Å². The molecule has 1 aromatic carbocycles. The minimum absolute atomic E-state index is 0.0101. The second kappa shape index (κ2) is 9.32. The maximum absolute atomic E-state index is 14.8. The monoisotopic (exact) mass is 478 g/mol. The summed E-state index contributed by atoms with van der Waals surface area (Å²) < 4.78 is 37.6. The lowest BCUT2D eigenvalue weighted by Gasteiger charge is -2.30. The standard InChI is InChI=1S/C22H28F2N6O2S/c1-3-12-9-11(25)7-8-16(32-12)18-15(10-28-29(18)2)30-19(20(26)31)21(27)33-22(30)17-13(23)5-4-6-14(17)24/h4-6,10-12,16,22H,3,7-9,25,27H2,1-2H3,(H2,26,31)/t11?,12-,16-,22?/m1/s1. The number of halogens is 2. The number of amides is 1. The summed E-state index contributed by atoms with van der Waals surface area (Å²) >= 11 is 0.965. The molecule has 11 heteroatoms. The summed E-state index contributed by atoms with van der Waals surface area (Å²) in [5.41, 5.74) is 18.9. The fraction of sp³-hybridized carbons (Fsp3) is 0.455. The van der Waals surface area contributed by atoms with Gasteiger partial charge in [-0.2, -0.15) is 5.10 Å². The van der Waals surface area contributed by atoms with Crippen LogP contribution in [0, 0.1) is 11.6 Å². The van der Waals surface area contributed by atoms with Gasteiger partial charge in [0.05, 0.1) is 34.3 Å². The lowest BCUT2D eigenvalue weighted by molar-refractivity contribution is -0.114. The number of aryl methyl sites for hydroxylation is 1. The summed E-state index contributed by atoms with van der Waals surface area (Å²) in [6, 6.07) is 3.63. The number of hydrogen-bond donors (Lipinski definition) is 3. The van der Waals surface area contributed by atoms with Crippen molar-refractivity contribution in [2.75, 3.05) is 4.90 Å². The van der Waals surface area contributed by atoms with Crippen LogP contribution in [-0.2, 0) is 16.6 Å². The Morgan fingerprint density at radius 3 is 2.64 bits per heavy atom. The zero-order valence-corrected chi connectivity index (χ0v) is 19.3. The molecule has 2 unspecified atom stereocenters. The van der Waals surface area contributed by atoms with Crippen molar-refractivity contribution in [2.45, 2.75) is 56.2 Å². The van der Waals surface area contributed by atoms with Gasteiger partial charge in [0, 0.05) is 13.1 Å². The van der Waals surface area contributed by atoms with E-state index < -0.39 is 22.9 Å². The molecule has 0 spiro atoms. The van der Waals surface area contributed by atoms with E-state index in [9.17, 15) is 13.6 Å². The van der Waals surface area contributed by atoms with Gasteiger partial charge in [0.2, 0.25) is 0 Å². The van der Waals surface area contributed by atoms with E-state index >= 15 is 0 Å². The maximum atomic E-state index is 14.8. The first-order chi connectivity index (χ1) is 15.7. The second-order valence-corrected chi connectivity index (χ2v) is 9.44. The molecule has 2 aliphatic rings. The number of anilines is 1. The number of primary amides is 1. The summed E-state index contributed by atoms with van der Waals surface area (Å²) in [5.74, 6) is -2.29. The van der Waals surface area contributed by atoms with E-state index in [-0.39, 0.29) is 34.5 Å². The molecule has 0 bridgehead atoms. The van der Waals surface area contributed by atoms with Gasteiger partial charge in [0.15, 0.2) is 0 Å². The van der Waals surface area contributed by atoms with Crippen LogP contribution in [0.1, 0.15) is 55.3 Å². The highest BCUT2D eigenvalue weighted by Crippen LogP contribution is 2.51. The van der Waals surface area contributed by atoms with Crippen LogP contribution in [0.4, 0.5) is 14.5 Å². The van der Waals surface area contributed by atoms with Crippen LogP contribution in [-0.4, -0.2) is 27.8 Å². The molecule has 178 valence electrons. The average molecular weight is 479 g/mol. The zero-order valence-electron chi connectivity index (χ0n) is 18.5. The van der Waals surface area contributed by atoms with Gasteiger partial charge in [-0.3, -0.25) is 9.48 Å². The normalized spacial score (nSPS) is 26.0. The Balaban J connectivity index is 1.84. The third-order valence-electron chi connectivity index (χ3n) is 6.13. The van der Waals surface area contributed by atoms with E-state index in [2.05, 4.69) is 5.10 Å². The number of ether oxygens (including phenoxy) is 1. The van der Waals surface area contributed by atoms with E-state index in [4.69, 9.17) is 21.9 Å². The van der Waals surface area contributed by atoms with Gasteiger partial charge in [0.25, 0.3) is 5.91 Å². The van der Waals surface area contributed by atoms with Gasteiger partial charge in [-0.05, 0) is 37.8 Å². The highest BCUT2D eigenvalue weighted by molar-refractivity contribution is 8.03. The molecule has 0 aliphatic carbocycles. The van der Waals surface area contributed by atoms with Gasteiger partial charge in [0.1, 0.15) is 28.8 Å². The van der Waals surface area contributed by atoms with Crippen molar-refractivity contribution >= 4 is 23.4 Å². The van der Waals surface area contributed by atoms with Gasteiger partial charge >= 0.3 is 0 Å². The third kappa shape index (κ3) is 4.32. The first-order valence-corrected chi connectivity index (χ1v) is 11.7. The first kappa shape index (κ1) is 23.5. The molecule has 1 amide bonds. The van der Waals surface area contributed by atoms with Crippen molar-refractivity contribution in [1.82, 2.24) is 9.78 Å². The third-order valence-corrected chi connectivity index (χ3v) is 7.25. The Bertz CT molecular complexity index is 1070. The van der Waals surface area contributed by atoms with Crippen molar-refractivity contribution in [3.8, 4) is 0 Å². The molecule has 1 saturated heterocycles. The van der Waals surface area contributed by atoms with E-state index in [0.717, 1.165) is 31.0 Å². The van der Waals surface area contributed by atoms with Gasteiger partial charge < -0.3 is 26.8 Å². The minimum Gasteiger partial charge on any atom is -0.392 e. The number of rotatable bonds is 5. The minimum atomic E-state index is -0.980. The first-order valence-electron chi connectivity index (χ1n) is 10.8. The molecule has 6 N–H and O–H groups in total. The summed E-state index contributed by atoms with van der Waals surface area (Å²) in [5, 5.41) is 3.48. The quantitative estimate of drug-likeness (QED) is 0.603. The molecular formula is C22H28F2N6O2S. The van der Waals surface area contributed by atoms with Crippen molar-refractivity contribution in [1.29, 1.82) is 0 Å². The number of nitrogens with two attached hydrogens (primary N) is 3. The molecule has 0 saturated carbocycles. The van der Waals surface area contributed by atoms with Gasteiger partial charge in [-0.15, -0.1) is 0 Å². The van der Waals surface area contributed by atoms with Crippen LogP contribution in [0.25, 0.3) is 0 Å². The van der Waals surface area contributed by atoms with Crippen molar-refractivity contribution in [3.05, 3.63) is 58.0 Å². The lowest BCUT2D eigenvalue weighted by atomic mass is 10.0. The molecular weight excluding hydrogens is 450 g/mol. The van der Waals surface area contributed by atoms with Crippen LogP contribution in [0.3, 0.4) is 0 Å². The van der Waals surface area contributed by atoms with Crippen LogP contribution >= 0.6 is 11.8 Å². The maximum Gasteiger partial charge on any atom is 0.268 e. The van der Waals surface area contributed by atoms with Crippen LogP contribution in [0.15, 0.2) is 35.1 Å². The highest BCUT2D eigenvalue weighted by Gasteiger charge is 2.42. The smallest absolute Gasteiger partial charge is 0.268 e. The van der Waals surface area contributed by atoms with E-state index in [0.29, 0.717) is 17.8 Å². The van der Waals surface area contributed by atoms with Crippen molar-refractivity contribution in [3.63, 3.8) is 0 Å². The summed E-state index contributed by atoms with van der Waals surface area (Å²) in [4.78, 5) is 13.9. The number of nitrogens with zero attached hydrogens (tertiary/aromatic N) is 3. The molecule has 1 fully saturated rings. The Morgan fingerprint density at radius 1 is 1.30 bits per heavy atom. The number of carbonyl (C=O) groups is 1. The predicted octanol–water partition coefficient (Wildman–Crippen LogP) is 2.91. The Labute approximate surface area is 195 Å². The van der Waals surface area contributed by atoms with Gasteiger partial charge in [-0.1, -0.05) is 24.8 Å². The number of hydrogen-bond acceptors (Lipinski definition) is 7. The largest absolute Gasteiger partial charge is 0.392 e. The molecule has 4 atom stereocenters. The van der Waals surface area contributed by atoms with Crippen molar-refractivity contribution in [2.24, 2.45) is 24.2 Å². The van der Waals surface area contributed by atoms with Gasteiger partial charge in [-0.25, -0.2) is 8.78 Å². The summed E-state index contributed by atoms with van der Waals surface area (Å²) in [6.45, 7) is 2.03. The molecule has 3 heterocycles. The average Bonchev–Trinajstić information content (AvgIpc) is 3.22. The van der Waals surface area contributed by atoms with Crippen LogP contribution < -0.4 is 22.1 Å². The molecule has 4 rings (SSSR count). The number of benzene rings is 1. The number of aromatic nitrogens is 2. The summed E-state index contributed by atoms with van der Waals surface area (Å²) in [6.07, 6.45) is 4.03. The fourth-order valence-corrected chi connectivity index (χ4v) is 5.74. The molecule has 0 radical (unpaired) electrons. The lowest BCUT2D eigenvalue weighted by Crippen LogP contribution is -2.33. The Hall–Kier alpha value is -2.63. The van der Waals surface area contributed by atoms with E-state index in [1.165, 1.54) is 29.3 Å². The Morgan fingerprint density at radius 2 is 2.00 bits per heavy atom. The van der Waals surface area contributed by atoms with E-state index in [1.54, 1.807) is 11.7 Å². The van der Waals surface area contributed by atoms with Crippen molar-refractivity contribution < 1.29 is 18.3 Å². The number of carbonyl (C=O) groups excluding carboxylic acids is 1. The molecule has 2 aliphatic heterocycles. The fourth-order valence-electron chi connectivity index (χ4n) is 4.52. The highest BCUT2D eigenvalue weighted by atomic mass is 32.2. The molecule has 1 aromatic heterocycles. The van der Waals surface area contributed by atoms with Crippen LogP contribution in [0.5, 0.6) is 0 Å².